The van der Waals surface area contributed by atoms with Crippen molar-refractivity contribution in [2.45, 2.75) is 50.7 Å². The Morgan fingerprint density at radius 2 is 2.03 bits per heavy atom. The number of aromatic nitrogens is 1. The van der Waals surface area contributed by atoms with Crippen molar-refractivity contribution in [3.63, 3.8) is 0 Å². The van der Waals surface area contributed by atoms with Crippen LogP contribution in [0.5, 0.6) is 0 Å². The third-order valence-corrected chi connectivity index (χ3v) is 8.17. The van der Waals surface area contributed by atoms with E-state index in [2.05, 4.69) is 22.1 Å². The number of aliphatic hydroxyl groups is 1. The van der Waals surface area contributed by atoms with E-state index in [1.165, 1.54) is 5.56 Å². The highest BCUT2D eigenvalue weighted by atomic mass is 35.5. The van der Waals surface area contributed by atoms with Gasteiger partial charge in [-0.3, -0.25) is 14.8 Å². The van der Waals surface area contributed by atoms with Crippen molar-refractivity contribution in [1.29, 1.82) is 0 Å². The lowest BCUT2D eigenvalue weighted by Gasteiger charge is -2.35. The maximum Gasteiger partial charge on any atom is 0.312 e. The van der Waals surface area contributed by atoms with Gasteiger partial charge in [0.25, 0.3) is 5.91 Å². The minimum atomic E-state index is -1.08. The number of carbonyl (C=O) groups is 1. The van der Waals surface area contributed by atoms with Crippen molar-refractivity contribution in [2.75, 3.05) is 12.8 Å². The van der Waals surface area contributed by atoms with E-state index in [1.54, 1.807) is 39.4 Å². The van der Waals surface area contributed by atoms with E-state index in [0.29, 0.717) is 29.3 Å². The molecule has 36 heavy (non-hydrogen) atoms. The molecular weight excluding hydrogens is 471 g/mol. The van der Waals surface area contributed by atoms with Gasteiger partial charge in [0.05, 0.1) is 22.8 Å². The smallest absolute Gasteiger partial charge is 0.312 e. The van der Waals surface area contributed by atoms with E-state index >= 15 is 0 Å². The highest BCUT2D eigenvalue weighted by Gasteiger charge is 2.49. The Balaban J connectivity index is 1.54. The van der Waals surface area contributed by atoms with Gasteiger partial charge in [-0.1, -0.05) is 29.7 Å². The number of amides is 1. The first kappa shape index (κ1) is 23.3. The van der Waals surface area contributed by atoms with Crippen LogP contribution < -0.4 is 11.2 Å². The molecular formula is C28H28BClN4O2. The summed E-state index contributed by atoms with van der Waals surface area (Å²) in [5, 5.41) is 10.7. The number of nitrogen functional groups attached to an aromatic ring is 1. The van der Waals surface area contributed by atoms with E-state index in [0.717, 1.165) is 46.3 Å². The van der Waals surface area contributed by atoms with Crippen LogP contribution in [-0.4, -0.2) is 40.3 Å². The molecule has 1 atom stereocenters. The lowest BCUT2D eigenvalue weighted by molar-refractivity contribution is 0.0750. The van der Waals surface area contributed by atoms with E-state index in [-0.39, 0.29) is 11.8 Å². The molecule has 2 aromatic carbocycles. The van der Waals surface area contributed by atoms with Crippen LogP contribution in [0.2, 0.25) is 0 Å². The molecule has 0 spiro atoms. The van der Waals surface area contributed by atoms with Gasteiger partial charge >= 0.3 is 6.13 Å². The topological polar surface area (TPSA) is 91.8 Å². The van der Waals surface area contributed by atoms with Crippen molar-refractivity contribution in [2.24, 2.45) is 4.99 Å². The molecule has 8 heteroatoms. The summed E-state index contributed by atoms with van der Waals surface area (Å²) >= 11 is 7.20. The Kier molecular flexibility index (Phi) is 5.29. The maximum atomic E-state index is 13.2. The molecule has 0 radical (unpaired) electrons. The highest BCUT2D eigenvalue weighted by Crippen LogP contribution is 2.47. The lowest BCUT2D eigenvalue weighted by Crippen LogP contribution is -2.49. The molecule has 2 aliphatic heterocycles. The molecule has 1 saturated carbocycles. The molecule has 3 heterocycles. The fourth-order valence-corrected chi connectivity index (χ4v) is 6.27. The number of anilines is 1. The van der Waals surface area contributed by atoms with Gasteiger partial charge in [-0.25, -0.2) is 0 Å². The quantitative estimate of drug-likeness (QED) is 0.321. The van der Waals surface area contributed by atoms with E-state index in [9.17, 15) is 9.90 Å². The Hall–Kier alpha value is -3.16. The molecule has 6 nitrogen and oxygen atoms in total. The second-order valence-corrected chi connectivity index (χ2v) is 11.0. The normalized spacial score (nSPS) is 19.0. The first-order chi connectivity index (χ1) is 17.2. The van der Waals surface area contributed by atoms with Crippen molar-refractivity contribution in [3.05, 3.63) is 76.1 Å². The molecule has 1 aliphatic carbocycles. The van der Waals surface area contributed by atoms with Gasteiger partial charge in [0.1, 0.15) is 0 Å². The summed E-state index contributed by atoms with van der Waals surface area (Å²) < 4.78 is 0. The average molecular weight is 499 g/mol. The first-order valence-corrected chi connectivity index (χ1v) is 12.8. The SMILES string of the molecule is CN=Cc1c(-c2cc3c(c(C4CC4)c2)CN2C(=O)c4cccnc4C2B3Cl)ccc(C(C)(C)O)c1N. The van der Waals surface area contributed by atoms with E-state index in [1.807, 2.05) is 23.1 Å². The van der Waals surface area contributed by atoms with Crippen LogP contribution >= 0.6 is 11.5 Å². The number of nitrogens with two attached hydrogens (primary N) is 1. The fraction of sp³-hybridized carbons (Fsp3) is 0.321. The number of aliphatic imine (C=N–C) groups is 1. The Morgan fingerprint density at radius 1 is 1.25 bits per heavy atom. The second kappa shape index (κ2) is 8.18. The predicted molar refractivity (Wildman–Crippen MR) is 145 cm³/mol. The van der Waals surface area contributed by atoms with Gasteiger partial charge in [0, 0.05) is 42.8 Å². The van der Waals surface area contributed by atoms with Crippen LogP contribution in [0, 0.1) is 0 Å². The van der Waals surface area contributed by atoms with Crippen molar-refractivity contribution < 1.29 is 9.90 Å². The highest BCUT2D eigenvalue weighted by molar-refractivity contribution is 7.15. The summed E-state index contributed by atoms with van der Waals surface area (Å²) in [6.45, 7) is 4.00. The molecule has 3 aromatic rings. The van der Waals surface area contributed by atoms with Crippen molar-refractivity contribution in [1.82, 2.24) is 9.88 Å². The van der Waals surface area contributed by atoms with Gasteiger partial charge in [0.15, 0.2) is 0 Å². The summed E-state index contributed by atoms with van der Waals surface area (Å²) in [6.07, 6.45) is 5.33. The third-order valence-electron chi connectivity index (χ3n) is 7.70. The van der Waals surface area contributed by atoms with Crippen LogP contribution in [0.15, 0.2) is 47.6 Å². The van der Waals surface area contributed by atoms with Gasteiger partial charge in [0.2, 0.25) is 0 Å². The van der Waals surface area contributed by atoms with Gasteiger partial charge < -0.3 is 15.7 Å². The molecule has 1 amide bonds. The zero-order valence-corrected chi connectivity index (χ0v) is 21.4. The monoisotopic (exact) mass is 498 g/mol. The van der Waals surface area contributed by atoms with Gasteiger partial charge in [-0.15, -0.1) is 0 Å². The summed E-state index contributed by atoms with van der Waals surface area (Å²) in [6, 6.07) is 11.9. The third kappa shape index (κ3) is 3.48. The number of rotatable bonds is 4. The maximum absolute atomic E-state index is 13.2. The molecule has 3 aliphatic rings. The molecule has 1 fully saturated rings. The lowest BCUT2D eigenvalue weighted by atomic mass is 9.55. The zero-order chi connectivity index (χ0) is 25.4. The minimum absolute atomic E-state index is 0.00153. The number of pyridine rings is 1. The molecule has 182 valence electrons. The average Bonchev–Trinajstić information content (AvgIpc) is 3.65. The second-order valence-electron chi connectivity index (χ2n) is 10.6. The van der Waals surface area contributed by atoms with Crippen molar-refractivity contribution in [3.8, 4) is 11.1 Å². The van der Waals surface area contributed by atoms with Crippen LogP contribution in [0.25, 0.3) is 11.1 Å². The van der Waals surface area contributed by atoms with Gasteiger partial charge in [-0.2, -0.15) is 11.5 Å². The largest absolute Gasteiger partial charge is 0.398 e. The number of hydrogen-bond acceptors (Lipinski definition) is 5. The molecule has 6 rings (SSSR count). The van der Waals surface area contributed by atoms with Crippen molar-refractivity contribution >= 4 is 40.9 Å². The van der Waals surface area contributed by atoms with Crippen LogP contribution in [0.1, 0.15) is 76.9 Å². The Labute approximate surface area is 216 Å². The molecule has 0 bridgehead atoms. The first-order valence-electron chi connectivity index (χ1n) is 12.3. The summed E-state index contributed by atoms with van der Waals surface area (Å²) in [5.74, 6) is 0.180. The number of nitrogens with zero attached hydrogens (tertiary/aromatic N) is 3. The molecule has 1 aromatic heterocycles. The number of hydrogen-bond donors (Lipinski definition) is 2. The van der Waals surface area contributed by atoms with Crippen LogP contribution in [0.3, 0.4) is 0 Å². The predicted octanol–water partition coefficient (Wildman–Crippen LogP) is 4.17. The van der Waals surface area contributed by atoms with E-state index < -0.39 is 11.7 Å². The minimum Gasteiger partial charge on any atom is -0.398 e. The number of benzene rings is 2. The molecule has 3 N–H and O–H groups in total. The van der Waals surface area contributed by atoms with Gasteiger partial charge in [-0.05, 0) is 67.0 Å². The summed E-state index contributed by atoms with van der Waals surface area (Å²) in [7, 11) is 1.72. The summed E-state index contributed by atoms with van der Waals surface area (Å²) in [4.78, 5) is 23.9. The van der Waals surface area contributed by atoms with Crippen LogP contribution in [-0.2, 0) is 12.1 Å². The number of carbonyl (C=O) groups excluding carboxylic acids is 1. The zero-order valence-electron chi connectivity index (χ0n) is 20.6. The Morgan fingerprint density at radius 3 is 2.72 bits per heavy atom. The molecule has 1 unspecified atom stereocenters. The molecule has 0 saturated heterocycles. The number of fused-ring (bicyclic) bond motifs is 4. The number of halogens is 1. The Bertz CT molecular complexity index is 1440. The summed E-state index contributed by atoms with van der Waals surface area (Å²) in [5.41, 5.74) is 14.3. The van der Waals surface area contributed by atoms with E-state index in [4.69, 9.17) is 17.2 Å². The fourth-order valence-electron chi connectivity index (χ4n) is 5.82. The standard InChI is InChI=1S/C28H28BClN4O2/c1-28(2,36)22-9-8-17(20(13-32-3)24(22)31)16-11-19(15-6-7-15)21-14-34-26(29(30)23(21)12-16)25-18(27(34)35)5-4-10-33-25/h4-5,8-13,15,26,36H,6-7,14,31H2,1-3H3. The van der Waals surface area contributed by atoms with Crippen LogP contribution in [0.4, 0.5) is 5.69 Å².